The lowest BCUT2D eigenvalue weighted by molar-refractivity contribution is -0.0278. The Morgan fingerprint density at radius 1 is 1.03 bits per heavy atom. The molecular formula is C31H44N4O2. The Hall–Kier alpha value is -2.70. The Morgan fingerprint density at radius 3 is 2.22 bits per heavy atom. The zero-order valence-corrected chi connectivity index (χ0v) is 23.8. The Kier molecular flexibility index (Phi) is 8.39. The lowest BCUT2D eigenvalue weighted by Gasteiger charge is -2.52. The summed E-state index contributed by atoms with van der Waals surface area (Å²) in [7, 11) is 1.58. The standard InChI is InChI=1S/C31H44N4O2/c1-22-9-8-10-23(2)29(22)30(36)33-17-15-31(6,16-18-33)34-19-20-35(24(3)21-34)26(5)28-13-11-27(12-14-28)25(4)32-37-7/h8-14,24,26H,15-21H2,1-7H3/b32-25-/t24-,26-/m0/s1. The van der Waals surface area contributed by atoms with E-state index >= 15 is 0 Å². The summed E-state index contributed by atoms with van der Waals surface area (Å²) >= 11 is 0. The van der Waals surface area contributed by atoms with Crippen LogP contribution in [-0.2, 0) is 4.84 Å². The first-order chi connectivity index (χ1) is 17.6. The van der Waals surface area contributed by atoms with Crippen molar-refractivity contribution >= 4 is 11.6 Å². The molecule has 2 aliphatic heterocycles. The first-order valence-electron chi connectivity index (χ1n) is 13.7. The third kappa shape index (κ3) is 5.75. The lowest BCUT2D eigenvalue weighted by Crippen LogP contribution is -2.62. The molecule has 0 saturated carbocycles. The second kappa shape index (κ2) is 11.4. The second-order valence-corrected chi connectivity index (χ2v) is 11.2. The summed E-state index contributed by atoms with van der Waals surface area (Å²) in [6, 6.07) is 15.7. The van der Waals surface area contributed by atoms with Gasteiger partial charge in [0.1, 0.15) is 7.11 Å². The van der Waals surface area contributed by atoms with Gasteiger partial charge in [-0.1, -0.05) is 47.6 Å². The normalized spacial score (nSPS) is 22.1. The number of carbonyl (C=O) groups excluding carboxylic acids is 1. The maximum absolute atomic E-state index is 13.3. The zero-order valence-electron chi connectivity index (χ0n) is 23.8. The highest BCUT2D eigenvalue weighted by Gasteiger charge is 2.40. The van der Waals surface area contributed by atoms with Gasteiger partial charge < -0.3 is 9.74 Å². The third-order valence-electron chi connectivity index (χ3n) is 8.80. The first-order valence-corrected chi connectivity index (χ1v) is 13.7. The van der Waals surface area contributed by atoms with E-state index in [1.807, 2.05) is 39.0 Å². The van der Waals surface area contributed by atoms with Crippen molar-refractivity contribution in [3.8, 4) is 0 Å². The molecule has 0 aliphatic carbocycles. The molecule has 2 saturated heterocycles. The molecule has 4 rings (SSSR count). The first kappa shape index (κ1) is 27.3. The second-order valence-electron chi connectivity index (χ2n) is 11.2. The number of hydrogen-bond acceptors (Lipinski definition) is 5. The Balaban J connectivity index is 1.35. The predicted molar refractivity (Wildman–Crippen MR) is 151 cm³/mol. The molecule has 6 heteroatoms. The van der Waals surface area contributed by atoms with Gasteiger partial charge in [0.25, 0.3) is 5.91 Å². The van der Waals surface area contributed by atoms with Crippen LogP contribution in [0.3, 0.4) is 0 Å². The quantitative estimate of drug-likeness (QED) is 0.389. The van der Waals surface area contributed by atoms with Crippen LogP contribution in [0.1, 0.15) is 79.2 Å². The molecule has 2 fully saturated rings. The highest BCUT2D eigenvalue weighted by Crippen LogP contribution is 2.34. The molecule has 0 bridgehead atoms. The van der Waals surface area contributed by atoms with E-state index < -0.39 is 0 Å². The van der Waals surface area contributed by atoms with Crippen LogP contribution in [0.25, 0.3) is 0 Å². The van der Waals surface area contributed by atoms with Crippen molar-refractivity contribution in [2.45, 2.75) is 72.0 Å². The van der Waals surface area contributed by atoms with Crippen molar-refractivity contribution in [3.63, 3.8) is 0 Å². The van der Waals surface area contributed by atoms with Crippen molar-refractivity contribution in [2.75, 3.05) is 39.8 Å². The molecule has 2 heterocycles. The van der Waals surface area contributed by atoms with Crippen molar-refractivity contribution in [1.82, 2.24) is 14.7 Å². The fourth-order valence-electron chi connectivity index (χ4n) is 6.24. The zero-order chi connectivity index (χ0) is 26.7. The number of rotatable bonds is 6. The molecular weight excluding hydrogens is 460 g/mol. The van der Waals surface area contributed by atoms with Crippen molar-refractivity contribution < 1.29 is 9.63 Å². The van der Waals surface area contributed by atoms with E-state index in [0.717, 1.165) is 73.5 Å². The van der Waals surface area contributed by atoms with Crippen LogP contribution in [0, 0.1) is 13.8 Å². The molecule has 6 nitrogen and oxygen atoms in total. The molecule has 200 valence electrons. The van der Waals surface area contributed by atoms with E-state index in [9.17, 15) is 4.79 Å². The van der Waals surface area contributed by atoms with Gasteiger partial charge >= 0.3 is 0 Å². The van der Waals surface area contributed by atoms with Gasteiger partial charge in [0.05, 0.1) is 5.71 Å². The Labute approximate surface area is 223 Å². The predicted octanol–water partition coefficient (Wildman–Crippen LogP) is 5.44. The number of oxime groups is 1. The molecule has 1 amide bonds. The number of amides is 1. The van der Waals surface area contributed by atoms with Gasteiger partial charge in [-0.05, 0) is 76.6 Å². The number of piperazine rings is 1. The monoisotopic (exact) mass is 504 g/mol. The van der Waals surface area contributed by atoms with Gasteiger partial charge in [-0.3, -0.25) is 14.6 Å². The summed E-state index contributed by atoms with van der Waals surface area (Å²) < 4.78 is 0. The molecule has 2 aliphatic rings. The Bertz CT molecular complexity index is 1100. The van der Waals surface area contributed by atoms with Crippen LogP contribution < -0.4 is 0 Å². The summed E-state index contributed by atoms with van der Waals surface area (Å²) in [5.41, 5.74) is 6.48. The Morgan fingerprint density at radius 2 is 1.65 bits per heavy atom. The molecule has 0 spiro atoms. The lowest BCUT2D eigenvalue weighted by atomic mass is 9.85. The number of carbonyl (C=O) groups is 1. The summed E-state index contributed by atoms with van der Waals surface area (Å²) in [6.45, 7) is 18.0. The van der Waals surface area contributed by atoms with Crippen molar-refractivity contribution in [1.29, 1.82) is 0 Å². The summed E-state index contributed by atoms with van der Waals surface area (Å²) in [5, 5.41) is 4.05. The largest absolute Gasteiger partial charge is 0.399 e. The number of aryl methyl sites for hydroxylation is 2. The number of hydrogen-bond donors (Lipinski definition) is 0. The minimum atomic E-state index is 0.140. The van der Waals surface area contributed by atoms with E-state index in [-0.39, 0.29) is 11.4 Å². The molecule has 2 aromatic carbocycles. The van der Waals surface area contributed by atoms with Gasteiger partial charge in [0.15, 0.2) is 0 Å². The number of piperidine rings is 1. The van der Waals surface area contributed by atoms with Crippen LogP contribution in [0.15, 0.2) is 47.6 Å². The van der Waals surface area contributed by atoms with E-state index in [1.54, 1.807) is 7.11 Å². The number of benzene rings is 2. The van der Waals surface area contributed by atoms with Crippen LogP contribution in [0.4, 0.5) is 0 Å². The maximum atomic E-state index is 13.3. The van der Waals surface area contributed by atoms with Gasteiger partial charge in [0.2, 0.25) is 0 Å². The van der Waals surface area contributed by atoms with Crippen molar-refractivity contribution in [2.24, 2.45) is 5.16 Å². The smallest absolute Gasteiger partial charge is 0.254 e. The number of nitrogens with zero attached hydrogens (tertiary/aromatic N) is 4. The molecule has 0 radical (unpaired) electrons. The van der Waals surface area contributed by atoms with E-state index in [0.29, 0.717) is 12.1 Å². The minimum absolute atomic E-state index is 0.140. The minimum Gasteiger partial charge on any atom is -0.399 e. The summed E-state index contributed by atoms with van der Waals surface area (Å²) in [4.78, 5) is 25.6. The summed E-state index contributed by atoms with van der Waals surface area (Å²) in [6.07, 6.45) is 2.05. The molecule has 0 aromatic heterocycles. The third-order valence-corrected chi connectivity index (χ3v) is 8.80. The molecule has 2 aromatic rings. The average Bonchev–Trinajstić information content (AvgIpc) is 2.88. The average molecular weight is 505 g/mol. The van der Waals surface area contributed by atoms with Crippen LogP contribution >= 0.6 is 0 Å². The topological polar surface area (TPSA) is 48.4 Å². The molecule has 0 N–H and O–H groups in total. The van der Waals surface area contributed by atoms with Gasteiger partial charge in [0, 0.05) is 55.9 Å². The van der Waals surface area contributed by atoms with Crippen LogP contribution in [0.2, 0.25) is 0 Å². The SMILES string of the molecule is CO/N=C(/C)c1ccc([C@H](C)N2CCN(C3(C)CCN(C(=O)c4c(C)cccc4C)CC3)C[C@@H]2C)cc1. The molecule has 2 atom stereocenters. The molecule has 37 heavy (non-hydrogen) atoms. The molecule has 0 unspecified atom stereocenters. The highest BCUT2D eigenvalue weighted by molar-refractivity contribution is 5.98. The summed E-state index contributed by atoms with van der Waals surface area (Å²) in [5.74, 6) is 0.194. The van der Waals surface area contributed by atoms with Crippen molar-refractivity contribution in [3.05, 3.63) is 70.3 Å². The van der Waals surface area contributed by atoms with Gasteiger partial charge in [-0.2, -0.15) is 0 Å². The maximum Gasteiger partial charge on any atom is 0.254 e. The van der Waals surface area contributed by atoms with E-state index in [2.05, 4.69) is 64.9 Å². The van der Waals surface area contributed by atoms with E-state index in [1.165, 1.54) is 5.56 Å². The van der Waals surface area contributed by atoms with Gasteiger partial charge in [-0.25, -0.2) is 0 Å². The van der Waals surface area contributed by atoms with Crippen LogP contribution in [0.5, 0.6) is 0 Å². The van der Waals surface area contributed by atoms with Gasteiger partial charge in [-0.15, -0.1) is 0 Å². The fraction of sp³-hybridized carbons (Fsp3) is 0.548. The number of likely N-dealkylation sites (tertiary alicyclic amines) is 1. The highest BCUT2D eigenvalue weighted by atomic mass is 16.6. The fourth-order valence-corrected chi connectivity index (χ4v) is 6.24. The van der Waals surface area contributed by atoms with E-state index in [4.69, 9.17) is 4.84 Å². The van der Waals surface area contributed by atoms with Crippen LogP contribution in [-0.4, -0.2) is 77.7 Å².